The third-order valence-corrected chi connectivity index (χ3v) is 4.37. The zero-order valence-electron chi connectivity index (χ0n) is 14.9. The number of para-hydroxylation sites is 1. The highest BCUT2D eigenvalue weighted by Gasteiger charge is 2.10. The molecule has 0 unspecified atom stereocenters. The van der Waals surface area contributed by atoms with Gasteiger partial charge in [0.15, 0.2) is 0 Å². The lowest BCUT2D eigenvalue weighted by molar-refractivity contribution is 0.102. The highest BCUT2D eigenvalue weighted by Crippen LogP contribution is 2.27. The Morgan fingerprint density at radius 2 is 1.67 bits per heavy atom. The van der Waals surface area contributed by atoms with Gasteiger partial charge in [-0.15, -0.1) is 0 Å². The molecule has 0 bridgehead atoms. The van der Waals surface area contributed by atoms with Crippen molar-refractivity contribution in [3.05, 3.63) is 82.8 Å². The Kier molecular flexibility index (Phi) is 6.49. The van der Waals surface area contributed by atoms with E-state index >= 15 is 0 Å². The molecule has 3 aromatic rings. The number of anilines is 1. The van der Waals surface area contributed by atoms with E-state index in [1.54, 1.807) is 18.2 Å². The lowest BCUT2D eigenvalue weighted by Gasteiger charge is -2.10. The van der Waals surface area contributed by atoms with Crippen LogP contribution in [0.15, 0.2) is 77.3 Å². The highest BCUT2D eigenvalue weighted by atomic mass is 79.9. The van der Waals surface area contributed by atoms with E-state index < -0.39 is 0 Å². The maximum absolute atomic E-state index is 12.5. The van der Waals surface area contributed by atoms with Crippen molar-refractivity contribution in [2.45, 2.75) is 13.3 Å². The molecule has 5 heteroatoms. The highest BCUT2D eigenvalue weighted by molar-refractivity contribution is 9.10. The van der Waals surface area contributed by atoms with Gasteiger partial charge in [-0.3, -0.25) is 4.79 Å². The van der Waals surface area contributed by atoms with Gasteiger partial charge in [0.25, 0.3) is 5.91 Å². The zero-order chi connectivity index (χ0) is 19.1. The van der Waals surface area contributed by atoms with Crippen molar-refractivity contribution in [2.75, 3.05) is 11.9 Å². The van der Waals surface area contributed by atoms with Crippen LogP contribution in [0.25, 0.3) is 0 Å². The van der Waals surface area contributed by atoms with Gasteiger partial charge in [-0.2, -0.15) is 0 Å². The number of amides is 1. The molecule has 0 fully saturated rings. The number of halogens is 1. The van der Waals surface area contributed by atoms with Crippen molar-refractivity contribution >= 4 is 27.5 Å². The maximum Gasteiger partial charge on any atom is 0.255 e. The minimum Gasteiger partial charge on any atom is -0.492 e. The van der Waals surface area contributed by atoms with Crippen molar-refractivity contribution in [3.8, 4) is 17.2 Å². The van der Waals surface area contributed by atoms with Crippen LogP contribution in [-0.4, -0.2) is 12.5 Å². The second-order valence-corrected chi connectivity index (χ2v) is 6.74. The van der Waals surface area contributed by atoms with Gasteiger partial charge in [-0.05, 0) is 76.9 Å². The fourth-order valence-electron chi connectivity index (χ4n) is 2.41. The molecule has 3 rings (SSSR count). The Morgan fingerprint density at radius 3 is 2.33 bits per heavy atom. The number of benzene rings is 3. The molecule has 4 nitrogen and oxygen atoms in total. The smallest absolute Gasteiger partial charge is 0.255 e. The summed E-state index contributed by atoms with van der Waals surface area (Å²) in [7, 11) is 0. The lowest BCUT2D eigenvalue weighted by Crippen LogP contribution is -2.12. The van der Waals surface area contributed by atoms with E-state index in [-0.39, 0.29) is 5.91 Å². The van der Waals surface area contributed by atoms with E-state index in [2.05, 4.69) is 21.2 Å². The van der Waals surface area contributed by atoms with E-state index in [0.29, 0.717) is 23.6 Å². The van der Waals surface area contributed by atoms with Crippen LogP contribution in [0.2, 0.25) is 0 Å². The van der Waals surface area contributed by atoms with Crippen molar-refractivity contribution in [2.24, 2.45) is 0 Å². The Balaban J connectivity index is 1.63. The Hall–Kier alpha value is -2.79. The summed E-state index contributed by atoms with van der Waals surface area (Å²) >= 11 is 3.45. The summed E-state index contributed by atoms with van der Waals surface area (Å²) < 4.78 is 12.1. The van der Waals surface area contributed by atoms with Crippen molar-refractivity contribution in [1.29, 1.82) is 0 Å². The molecule has 138 valence electrons. The predicted molar refractivity (Wildman–Crippen MR) is 111 cm³/mol. The molecule has 1 N–H and O–H groups in total. The topological polar surface area (TPSA) is 47.6 Å². The van der Waals surface area contributed by atoms with E-state index in [1.165, 1.54) is 0 Å². The van der Waals surface area contributed by atoms with E-state index in [9.17, 15) is 4.79 Å². The van der Waals surface area contributed by atoms with Crippen LogP contribution in [0.5, 0.6) is 17.2 Å². The molecular formula is C22H20BrNO3. The van der Waals surface area contributed by atoms with Gasteiger partial charge in [-0.25, -0.2) is 0 Å². The van der Waals surface area contributed by atoms with Crippen LogP contribution in [0.1, 0.15) is 23.7 Å². The molecule has 0 saturated carbocycles. The van der Waals surface area contributed by atoms with Crippen LogP contribution in [-0.2, 0) is 0 Å². The molecule has 0 saturated heterocycles. The summed E-state index contributed by atoms with van der Waals surface area (Å²) in [6.45, 7) is 2.69. The SMILES string of the molecule is CCCOc1ccc(C(=O)Nc2ccc(Oc3ccccc3)cc2)cc1Br. The van der Waals surface area contributed by atoms with Gasteiger partial charge in [0.2, 0.25) is 0 Å². The normalized spacial score (nSPS) is 10.3. The van der Waals surface area contributed by atoms with Crippen LogP contribution < -0.4 is 14.8 Å². The Morgan fingerprint density at radius 1 is 0.963 bits per heavy atom. The minimum atomic E-state index is -0.186. The van der Waals surface area contributed by atoms with E-state index in [4.69, 9.17) is 9.47 Å². The summed E-state index contributed by atoms with van der Waals surface area (Å²) in [5.74, 6) is 2.02. The quantitative estimate of drug-likeness (QED) is 0.484. The third-order valence-electron chi connectivity index (χ3n) is 3.75. The monoisotopic (exact) mass is 425 g/mol. The molecular weight excluding hydrogens is 406 g/mol. The van der Waals surface area contributed by atoms with Crippen molar-refractivity contribution in [3.63, 3.8) is 0 Å². The average Bonchev–Trinajstić information content (AvgIpc) is 2.69. The Bertz CT molecular complexity index is 895. The van der Waals surface area contributed by atoms with Gasteiger partial charge < -0.3 is 14.8 Å². The van der Waals surface area contributed by atoms with Crippen LogP contribution in [0, 0.1) is 0 Å². The second-order valence-electron chi connectivity index (χ2n) is 5.89. The van der Waals surface area contributed by atoms with Gasteiger partial charge in [0.05, 0.1) is 11.1 Å². The fraction of sp³-hybridized carbons (Fsp3) is 0.136. The van der Waals surface area contributed by atoms with Crippen LogP contribution >= 0.6 is 15.9 Å². The second kappa shape index (κ2) is 9.24. The van der Waals surface area contributed by atoms with Gasteiger partial charge >= 0.3 is 0 Å². The first-order valence-corrected chi connectivity index (χ1v) is 9.51. The minimum absolute atomic E-state index is 0.186. The molecule has 3 aromatic carbocycles. The van der Waals surface area contributed by atoms with Crippen molar-refractivity contribution in [1.82, 2.24) is 0 Å². The van der Waals surface area contributed by atoms with Crippen LogP contribution in [0.4, 0.5) is 5.69 Å². The molecule has 27 heavy (non-hydrogen) atoms. The first kappa shape index (κ1) is 19.0. The third kappa shape index (κ3) is 5.34. The summed E-state index contributed by atoms with van der Waals surface area (Å²) in [6, 6.07) is 22.1. The number of hydrogen-bond donors (Lipinski definition) is 1. The van der Waals surface area contributed by atoms with E-state index in [1.807, 2.05) is 61.5 Å². The number of carbonyl (C=O) groups excluding carboxylic acids is 1. The summed E-state index contributed by atoms with van der Waals surface area (Å²) in [6.07, 6.45) is 0.929. The first-order valence-electron chi connectivity index (χ1n) is 8.72. The number of hydrogen-bond acceptors (Lipinski definition) is 3. The molecule has 0 atom stereocenters. The predicted octanol–water partition coefficient (Wildman–Crippen LogP) is 6.28. The molecule has 1 amide bonds. The number of carbonyl (C=O) groups is 1. The maximum atomic E-state index is 12.5. The van der Waals surface area contributed by atoms with E-state index in [0.717, 1.165) is 22.4 Å². The summed E-state index contributed by atoms with van der Waals surface area (Å²) in [5.41, 5.74) is 1.25. The molecule has 0 heterocycles. The number of nitrogens with one attached hydrogen (secondary N) is 1. The largest absolute Gasteiger partial charge is 0.492 e. The molecule has 0 aliphatic heterocycles. The van der Waals surface area contributed by atoms with Gasteiger partial charge in [0.1, 0.15) is 17.2 Å². The summed E-state index contributed by atoms with van der Waals surface area (Å²) in [4.78, 5) is 12.5. The molecule has 0 radical (unpaired) electrons. The molecule has 0 spiro atoms. The zero-order valence-corrected chi connectivity index (χ0v) is 16.5. The van der Waals surface area contributed by atoms with Crippen molar-refractivity contribution < 1.29 is 14.3 Å². The molecule has 0 aromatic heterocycles. The standard InChI is InChI=1S/C22H20BrNO3/c1-2-14-26-21-13-8-16(15-20(21)23)22(25)24-17-9-11-19(12-10-17)27-18-6-4-3-5-7-18/h3-13,15H,2,14H2,1H3,(H,24,25). The average molecular weight is 426 g/mol. The molecule has 0 aliphatic rings. The first-order chi connectivity index (χ1) is 13.2. The van der Waals surface area contributed by atoms with Gasteiger partial charge in [0, 0.05) is 11.3 Å². The van der Waals surface area contributed by atoms with Gasteiger partial charge in [-0.1, -0.05) is 25.1 Å². The number of rotatable bonds is 7. The number of ether oxygens (including phenoxy) is 2. The Labute approximate surface area is 167 Å². The molecule has 0 aliphatic carbocycles. The lowest BCUT2D eigenvalue weighted by atomic mass is 10.2. The fourth-order valence-corrected chi connectivity index (χ4v) is 2.90. The van der Waals surface area contributed by atoms with Crippen LogP contribution in [0.3, 0.4) is 0 Å². The summed E-state index contributed by atoms with van der Waals surface area (Å²) in [5, 5.41) is 2.88.